The Kier molecular flexibility index (Phi) is 4.47. The Morgan fingerprint density at radius 3 is 2.54 bits per heavy atom. The summed E-state index contributed by atoms with van der Waals surface area (Å²) in [4.78, 5) is 59.0. The van der Waals surface area contributed by atoms with Gasteiger partial charge in [0.15, 0.2) is 5.82 Å². The second-order valence-corrected chi connectivity index (χ2v) is 6.29. The standard InChI is InChI=1S/C15H8BrFN4O7/c1-28-15(25)9-10(17)5(16)3-6(21(26)27)11(9)20-7(22)2-4-8(12(20)18)14(24)19-13(4)23/h2-3H,18H2,1H3,(H,19,23,24). The van der Waals surface area contributed by atoms with Gasteiger partial charge < -0.3 is 10.5 Å². The zero-order chi connectivity index (χ0) is 20.9. The van der Waals surface area contributed by atoms with Crippen LogP contribution in [0.1, 0.15) is 31.1 Å². The first kappa shape index (κ1) is 19.2. The Morgan fingerprint density at radius 1 is 1.32 bits per heavy atom. The number of fused-ring (bicyclic) bond motifs is 1. The van der Waals surface area contributed by atoms with Gasteiger partial charge in [-0.05, 0) is 15.9 Å². The van der Waals surface area contributed by atoms with Gasteiger partial charge in [0, 0.05) is 12.1 Å². The van der Waals surface area contributed by atoms with Gasteiger partial charge in [-0.3, -0.25) is 34.4 Å². The molecule has 0 saturated carbocycles. The molecule has 1 aliphatic heterocycles. The molecule has 0 aliphatic carbocycles. The predicted octanol–water partition coefficient (Wildman–Crippen LogP) is 0.900. The Bertz CT molecular complexity index is 1170. The number of imide groups is 1. The second-order valence-electron chi connectivity index (χ2n) is 5.44. The van der Waals surface area contributed by atoms with E-state index < -0.39 is 66.9 Å². The van der Waals surface area contributed by atoms with E-state index in [4.69, 9.17) is 5.73 Å². The summed E-state index contributed by atoms with van der Waals surface area (Å²) >= 11 is 2.76. The maximum absolute atomic E-state index is 14.6. The number of anilines is 1. The van der Waals surface area contributed by atoms with Crippen molar-refractivity contribution < 1.29 is 28.4 Å². The van der Waals surface area contributed by atoms with E-state index in [1.165, 1.54) is 0 Å². The number of ether oxygens (including phenoxy) is 1. The zero-order valence-corrected chi connectivity index (χ0v) is 15.3. The van der Waals surface area contributed by atoms with E-state index >= 15 is 0 Å². The normalized spacial score (nSPS) is 12.5. The highest BCUT2D eigenvalue weighted by atomic mass is 79.9. The summed E-state index contributed by atoms with van der Waals surface area (Å²) in [6.07, 6.45) is 0. The number of nitrogen functional groups attached to an aromatic ring is 1. The topological polar surface area (TPSA) is 164 Å². The fourth-order valence-electron chi connectivity index (χ4n) is 2.77. The Morgan fingerprint density at radius 2 is 1.96 bits per heavy atom. The van der Waals surface area contributed by atoms with Crippen molar-refractivity contribution in [1.29, 1.82) is 0 Å². The highest BCUT2D eigenvalue weighted by molar-refractivity contribution is 9.10. The molecule has 0 saturated heterocycles. The van der Waals surface area contributed by atoms with Crippen molar-refractivity contribution in [2.24, 2.45) is 0 Å². The van der Waals surface area contributed by atoms with Crippen molar-refractivity contribution in [3.63, 3.8) is 0 Å². The number of nitrogens with zero attached hydrogens (tertiary/aromatic N) is 2. The number of carbonyl (C=O) groups excluding carboxylic acids is 3. The van der Waals surface area contributed by atoms with Crippen molar-refractivity contribution in [2.75, 3.05) is 12.8 Å². The molecule has 1 aliphatic rings. The number of rotatable bonds is 3. The van der Waals surface area contributed by atoms with Crippen molar-refractivity contribution in [2.45, 2.75) is 0 Å². The Hall–Kier alpha value is -3.61. The molecule has 1 aromatic carbocycles. The van der Waals surface area contributed by atoms with Crippen LogP contribution in [0.15, 0.2) is 21.4 Å². The average Bonchev–Trinajstić information content (AvgIpc) is 2.90. The number of hydrogen-bond donors (Lipinski definition) is 2. The first-order valence-electron chi connectivity index (χ1n) is 7.26. The van der Waals surface area contributed by atoms with Crippen LogP contribution < -0.4 is 16.6 Å². The maximum atomic E-state index is 14.6. The van der Waals surface area contributed by atoms with Crippen LogP contribution in [0.3, 0.4) is 0 Å². The Labute approximate surface area is 162 Å². The number of nitro groups is 1. The summed E-state index contributed by atoms with van der Waals surface area (Å²) < 4.78 is 19.1. The van der Waals surface area contributed by atoms with Crippen LogP contribution in [0.5, 0.6) is 0 Å². The zero-order valence-electron chi connectivity index (χ0n) is 13.7. The van der Waals surface area contributed by atoms with Crippen molar-refractivity contribution in [3.8, 4) is 5.69 Å². The Balaban J connectivity index is 2.55. The molecule has 3 rings (SSSR count). The molecule has 2 amide bonds. The van der Waals surface area contributed by atoms with Gasteiger partial charge in [0.25, 0.3) is 23.1 Å². The molecule has 11 nitrogen and oxygen atoms in total. The summed E-state index contributed by atoms with van der Waals surface area (Å²) in [5, 5.41) is 13.4. The van der Waals surface area contributed by atoms with Crippen molar-refractivity contribution in [3.05, 3.63) is 59.6 Å². The summed E-state index contributed by atoms with van der Waals surface area (Å²) in [6, 6.07) is 1.43. The molecule has 13 heteroatoms. The molecule has 0 bridgehead atoms. The van der Waals surface area contributed by atoms with Crippen LogP contribution in [-0.2, 0) is 4.74 Å². The second kappa shape index (κ2) is 6.53. The predicted molar refractivity (Wildman–Crippen MR) is 93.9 cm³/mol. The van der Waals surface area contributed by atoms with Gasteiger partial charge in [-0.15, -0.1) is 0 Å². The van der Waals surface area contributed by atoms with Crippen LogP contribution in [0.4, 0.5) is 15.9 Å². The summed E-state index contributed by atoms with van der Waals surface area (Å²) in [6.45, 7) is 0. The van der Waals surface area contributed by atoms with Crippen LogP contribution in [0.25, 0.3) is 5.69 Å². The third-order valence-corrected chi connectivity index (χ3v) is 4.51. The lowest BCUT2D eigenvalue weighted by atomic mass is 10.1. The number of aromatic nitrogens is 1. The van der Waals surface area contributed by atoms with Crippen molar-refractivity contribution in [1.82, 2.24) is 9.88 Å². The molecular weight excluding hydrogens is 447 g/mol. The van der Waals surface area contributed by atoms with E-state index in [9.17, 15) is 33.7 Å². The molecule has 1 aromatic heterocycles. The van der Waals surface area contributed by atoms with Gasteiger partial charge >= 0.3 is 5.97 Å². The van der Waals surface area contributed by atoms with E-state index in [0.717, 1.165) is 13.2 Å². The molecule has 0 atom stereocenters. The third kappa shape index (κ3) is 2.63. The first-order chi connectivity index (χ1) is 13.1. The molecule has 0 fully saturated rings. The third-order valence-electron chi connectivity index (χ3n) is 3.94. The average molecular weight is 455 g/mol. The van der Waals surface area contributed by atoms with Gasteiger partial charge in [0.2, 0.25) is 0 Å². The number of esters is 1. The number of nitrogens with one attached hydrogen (secondary N) is 1. The van der Waals surface area contributed by atoms with Crippen LogP contribution in [0, 0.1) is 15.9 Å². The molecule has 2 heterocycles. The van der Waals surface area contributed by atoms with Gasteiger partial charge in [-0.1, -0.05) is 0 Å². The molecule has 0 radical (unpaired) electrons. The monoisotopic (exact) mass is 454 g/mol. The number of methoxy groups -OCH3 is 1. The number of halogens is 2. The SMILES string of the molecule is COC(=O)c1c(F)c(Br)cc([N+](=O)[O-])c1-n1c(N)c2c(cc1=O)C(=O)NC2=O. The first-order valence-corrected chi connectivity index (χ1v) is 8.05. The molecule has 0 spiro atoms. The minimum atomic E-state index is -1.33. The lowest BCUT2D eigenvalue weighted by Gasteiger charge is -2.16. The fraction of sp³-hybridized carbons (Fsp3) is 0.0667. The molecule has 2 aromatic rings. The van der Waals surface area contributed by atoms with E-state index in [0.29, 0.717) is 10.6 Å². The van der Waals surface area contributed by atoms with Gasteiger partial charge in [-0.25, -0.2) is 9.18 Å². The number of carbonyl (C=O) groups is 3. The summed E-state index contributed by atoms with van der Waals surface area (Å²) in [5.74, 6) is -5.10. The summed E-state index contributed by atoms with van der Waals surface area (Å²) in [5.41, 5.74) is 1.29. The lowest BCUT2D eigenvalue weighted by molar-refractivity contribution is -0.384. The molecule has 28 heavy (non-hydrogen) atoms. The van der Waals surface area contributed by atoms with Crippen molar-refractivity contribution >= 4 is 45.2 Å². The number of pyridine rings is 1. The minimum absolute atomic E-state index is 0.344. The highest BCUT2D eigenvalue weighted by Crippen LogP contribution is 2.36. The number of amides is 2. The molecule has 144 valence electrons. The van der Waals surface area contributed by atoms with E-state index in [1.54, 1.807) is 0 Å². The minimum Gasteiger partial charge on any atom is -0.465 e. The number of benzene rings is 1. The maximum Gasteiger partial charge on any atom is 0.343 e. The highest BCUT2D eigenvalue weighted by Gasteiger charge is 2.36. The number of nitro benzene ring substituents is 1. The smallest absolute Gasteiger partial charge is 0.343 e. The lowest BCUT2D eigenvalue weighted by Crippen LogP contribution is -2.27. The van der Waals surface area contributed by atoms with Crippen LogP contribution in [-0.4, -0.2) is 34.4 Å². The largest absolute Gasteiger partial charge is 0.465 e. The van der Waals surface area contributed by atoms with E-state index in [1.807, 2.05) is 5.32 Å². The quantitative estimate of drug-likeness (QED) is 0.298. The van der Waals surface area contributed by atoms with Gasteiger partial charge in [-0.2, -0.15) is 0 Å². The van der Waals surface area contributed by atoms with Crippen LogP contribution in [0.2, 0.25) is 0 Å². The van der Waals surface area contributed by atoms with E-state index in [-0.39, 0.29) is 5.56 Å². The fourth-order valence-corrected chi connectivity index (χ4v) is 3.18. The summed E-state index contributed by atoms with van der Waals surface area (Å²) in [7, 11) is 0.902. The van der Waals surface area contributed by atoms with Gasteiger partial charge in [0.05, 0.1) is 27.6 Å². The molecule has 3 N–H and O–H groups in total. The van der Waals surface area contributed by atoms with E-state index in [2.05, 4.69) is 20.7 Å². The molecule has 0 unspecified atom stereocenters. The van der Waals surface area contributed by atoms with Gasteiger partial charge in [0.1, 0.15) is 17.1 Å². The number of nitrogens with two attached hydrogens (primary N) is 1. The molecular formula is C15H8BrFN4O7. The number of hydrogen-bond acceptors (Lipinski definition) is 8. The van der Waals surface area contributed by atoms with Crippen LogP contribution >= 0.6 is 15.9 Å².